The van der Waals surface area contributed by atoms with Gasteiger partial charge in [0.1, 0.15) is 11.5 Å². The van der Waals surface area contributed by atoms with Crippen molar-refractivity contribution in [2.75, 3.05) is 7.11 Å². The van der Waals surface area contributed by atoms with Gasteiger partial charge in [-0.15, -0.1) is 0 Å². The highest BCUT2D eigenvalue weighted by atomic mass is 16.5. The second-order valence-electron chi connectivity index (χ2n) is 9.37. The van der Waals surface area contributed by atoms with Gasteiger partial charge in [0.2, 0.25) is 5.91 Å². The molecule has 162 valence electrons. The van der Waals surface area contributed by atoms with E-state index in [0.29, 0.717) is 30.7 Å². The third-order valence-electron chi connectivity index (χ3n) is 7.42. The molecule has 31 heavy (non-hydrogen) atoms. The molecule has 1 spiro atoms. The molecular weight excluding hydrogens is 392 g/mol. The van der Waals surface area contributed by atoms with Crippen molar-refractivity contribution in [1.29, 1.82) is 0 Å². The van der Waals surface area contributed by atoms with Crippen molar-refractivity contribution in [2.24, 2.45) is 17.3 Å². The van der Waals surface area contributed by atoms with Crippen molar-refractivity contribution in [1.82, 2.24) is 10.6 Å². The van der Waals surface area contributed by atoms with Crippen LogP contribution in [-0.4, -0.2) is 24.6 Å². The zero-order chi connectivity index (χ0) is 21.6. The lowest BCUT2D eigenvalue weighted by molar-refractivity contribution is -0.167. The van der Waals surface area contributed by atoms with E-state index in [4.69, 9.17) is 9.47 Å². The normalized spacial score (nSPS) is 30.8. The second-order valence-corrected chi connectivity index (χ2v) is 9.37. The number of ether oxygens (including phenoxy) is 2. The van der Waals surface area contributed by atoms with E-state index >= 15 is 0 Å². The summed E-state index contributed by atoms with van der Waals surface area (Å²) < 4.78 is 11.7. The minimum Gasteiger partial charge on any atom is -0.497 e. The SMILES string of the molecule is COc1cccc(CNC(=O)[C@@H]2C[C@H]3CC[C@@]2(C)C[C@]32NC(=O)c3ccccc3O2)c1. The summed E-state index contributed by atoms with van der Waals surface area (Å²) in [5.41, 5.74) is 0.636. The van der Waals surface area contributed by atoms with Crippen molar-refractivity contribution >= 4 is 11.8 Å². The Labute approximate surface area is 182 Å². The summed E-state index contributed by atoms with van der Waals surface area (Å²) in [6.07, 6.45) is 3.25. The van der Waals surface area contributed by atoms with Gasteiger partial charge in [-0.05, 0) is 54.5 Å². The number of carbonyl (C=O) groups is 2. The Balaban J connectivity index is 1.32. The quantitative estimate of drug-likeness (QED) is 0.792. The van der Waals surface area contributed by atoms with Crippen LogP contribution in [0.25, 0.3) is 0 Å². The van der Waals surface area contributed by atoms with Gasteiger partial charge < -0.3 is 20.1 Å². The van der Waals surface area contributed by atoms with E-state index in [-0.39, 0.29) is 29.1 Å². The average molecular weight is 421 g/mol. The van der Waals surface area contributed by atoms with Crippen LogP contribution < -0.4 is 20.1 Å². The van der Waals surface area contributed by atoms with Crippen molar-refractivity contribution in [3.8, 4) is 11.5 Å². The number of benzene rings is 2. The Morgan fingerprint density at radius 3 is 2.90 bits per heavy atom. The molecule has 1 heterocycles. The Morgan fingerprint density at radius 1 is 1.26 bits per heavy atom. The molecule has 3 fully saturated rings. The predicted octanol–water partition coefficient (Wildman–Crippen LogP) is 3.66. The van der Waals surface area contributed by atoms with E-state index in [1.807, 2.05) is 42.5 Å². The monoisotopic (exact) mass is 420 g/mol. The van der Waals surface area contributed by atoms with Crippen LogP contribution in [0.3, 0.4) is 0 Å². The molecule has 0 saturated heterocycles. The zero-order valence-corrected chi connectivity index (χ0v) is 17.9. The number of nitrogens with one attached hydrogen (secondary N) is 2. The third kappa shape index (κ3) is 3.34. The van der Waals surface area contributed by atoms with Crippen molar-refractivity contribution < 1.29 is 19.1 Å². The minimum atomic E-state index is -0.720. The molecule has 6 heteroatoms. The summed E-state index contributed by atoms with van der Waals surface area (Å²) in [7, 11) is 1.64. The molecular formula is C25H28N2O4. The van der Waals surface area contributed by atoms with Crippen LogP contribution in [0.5, 0.6) is 11.5 Å². The number of fused-ring (bicyclic) bond motifs is 3. The molecule has 0 unspecified atom stereocenters. The number of hydrogen-bond donors (Lipinski definition) is 2. The van der Waals surface area contributed by atoms with Gasteiger partial charge in [0.25, 0.3) is 5.91 Å². The van der Waals surface area contributed by atoms with E-state index in [0.717, 1.165) is 24.2 Å². The zero-order valence-electron chi connectivity index (χ0n) is 17.9. The highest BCUT2D eigenvalue weighted by Gasteiger charge is 2.61. The van der Waals surface area contributed by atoms with Gasteiger partial charge in [-0.1, -0.05) is 31.2 Å². The van der Waals surface area contributed by atoms with E-state index in [1.54, 1.807) is 13.2 Å². The lowest BCUT2D eigenvalue weighted by Gasteiger charge is -2.59. The van der Waals surface area contributed by atoms with Crippen LogP contribution >= 0.6 is 0 Å². The fourth-order valence-corrected chi connectivity index (χ4v) is 5.75. The largest absolute Gasteiger partial charge is 0.497 e. The van der Waals surface area contributed by atoms with Gasteiger partial charge in [0, 0.05) is 24.8 Å². The first-order chi connectivity index (χ1) is 14.9. The summed E-state index contributed by atoms with van der Waals surface area (Å²) >= 11 is 0. The van der Waals surface area contributed by atoms with E-state index in [1.165, 1.54) is 0 Å². The Morgan fingerprint density at radius 2 is 2.10 bits per heavy atom. The van der Waals surface area contributed by atoms with Crippen LogP contribution in [0, 0.1) is 17.3 Å². The fraction of sp³-hybridized carbons (Fsp3) is 0.440. The van der Waals surface area contributed by atoms with E-state index in [2.05, 4.69) is 17.6 Å². The van der Waals surface area contributed by atoms with Gasteiger partial charge in [0.15, 0.2) is 5.72 Å². The molecule has 2 N–H and O–H groups in total. The van der Waals surface area contributed by atoms with Crippen molar-refractivity contribution in [3.05, 3.63) is 59.7 Å². The summed E-state index contributed by atoms with van der Waals surface area (Å²) in [6, 6.07) is 15.1. The highest BCUT2D eigenvalue weighted by molar-refractivity contribution is 5.98. The molecule has 1 aliphatic heterocycles. The molecule has 6 nitrogen and oxygen atoms in total. The predicted molar refractivity (Wildman–Crippen MR) is 116 cm³/mol. The topological polar surface area (TPSA) is 76.7 Å². The summed E-state index contributed by atoms with van der Waals surface area (Å²) in [5.74, 6) is 1.42. The molecule has 0 aromatic heterocycles. The van der Waals surface area contributed by atoms with Crippen LogP contribution in [-0.2, 0) is 11.3 Å². The average Bonchev–Trinajstić information content (AvgIpc) is 2.77. The Kier molecular flexibility index (Phi) is 4.68. The first kappa shape index (κ1) is 19.9. The standard InChI is InChI=1S/C25H28N2O4/c1-24-11-10-17(25(15-24)27-22(28)19-8-3-4-9-21(19)31-25)13-20(24)23(29)26-14-16-6-5-7-18(12-16)30-2/h3-9,12,17,20H,10-11,13-15H2,1-2H3,(H,26,29)(H,27,28)/t17-,20+,24+,25-/m1/s1. The maximum Gasteiger partial charge on any atom is 0.258 e. The van der Waals surface area contributed by atoms with Crippen molar-refractivity contribution in [2.45, 2.75) is 44.9 Å². The first-order valence-electron chi connectivity index (χ1n) is 10.9. The Bertz CT molecular complexity index is 1040. The van der Waals surface area contributed by atoms with Gasteiger partial charge in [-0.25, -0.2) is 0 Å². The summed E-state index contributed by atoms with van der Waals surface area (Å²) in [6.45, 7) is 2.63. The van der Waals surface area contributed by atoms with E-state index < -0.39 is 5.72 Å². The highest BCUT2D eigenvalue weighted by Crippen LogP contribution is 2.58. The number of hydrogen-bond acceptors (Lipinski definition) is 4. The smallest absolute Gasteiger partial charge is 0.258 e. The molecule has 4 aliphatic rings. The van der Waals surface area contributed by atoms with Crippen LogP contribution in [0.2, 0.25) is 0 Å². The number of amides is 2. The molecule has 2 aromatic carbocycles. The summed E-state index contributed by atoms with van der Waals surface area (Å²) in [5, 5.41) is 6.29. The lowest BCUT2D eigenvalue weighted by atomic mass is 9.52. The van der Waals surface area contributed by atoms with Crippen molar-refractivity contribution in [3.63, 3.8) is 0 Å². The van der Waals surface area contributed by atoms with Gasteiger partial charge in [-0.3, -0.25) is 9.59 Å². The molecule has 0 radical (unpaired) electrons. The van der Waals surface area contributed by atoms with Gasteiger partial charge in [0.05, 0.1) is 12.7 Å². The lowest BCUT2D eigenvalue weighted by Crippen LogP contribution is -2.69. The third-order valence-corrected chi connectivity index (χ3v) is 7.42. The van der Waals surface area contributed by atoms with Crippen LogP contribution in [0.4, 0.5) is 0 Å². The fourth-order valence-electron chi connectivity index (χ4n) is 5.75. The summed E-state index contributed by atoms with van der Waals surface area (Å²) in [4.78, 5) is 26.0. The van der Waals surface area contributed by atoms with Gasteiger partial charge in [-0.2, -0.15) is 0 Å². The molecule has 6 rings (SSSR count). The van der Waals surface area contributed by atoms with Crippen LogP contribution in [0.1, 0.15) is 48.5 Å². The van der Waals surface area contributed by atoms with E-state index in [9.17, 15) is 9.59 Å². The number of carbonyl (C=O) groups excluding carboxylic acids is 2. The molecule has 3 aliphatic carbocycles. The van der Waals surface area contributed by atoms with Gasteiger partial charge >= 0.3 is 0 Å². The maximum atomic E-state index is 13.2. The van der Waals surface area contributed by atoms with Crippen LogP contribution in [0.15, 0.2) is 48.5 Å². The number of para-hydroxylation sites is 1. The molecule has 2 bridgehead atoms. The molecule has 3 saturated carbocycles. The Hall–Kier alpha value is -3.02. The maximum absolute atomic E-state index is 13.2. The first-order valence-corrected chi connectivity index (χ1v) is 10.9. The minimum absolute atomic E-state index is 0.0763. The number of rotatable bonds is 4. The second kappa shape index (κ2) is 7.29. The molecule has 2 amide bonds. The number of methoxy groups -OCH3 is 1. The molecule has 2 aromatic rings. The molecule has 4 atom stereocenters.